The summed E-state index contributed by atoms with van der Waals surface area (Å²) in [6.45, 7) is -5.35. The molecule has 5 aliphatic rings. The van der Waals surface area contributed by atoms with E-state index in [-0.39, 0.29) is 11.3 Å². The van der Waals surface area contributed by atoms with Gasteiger partial charge in [0, 0.05) is 6.54 Å². The molecule has 5 aliphatic heterocycles. The van der Waals surface area contributed by atoms with Gasteiger partial charge >= 0.3 is 14.5 Å². The highest BCUT2D eigenvalue weighted by Crippen LogP contribution is 2.54. The summed E-state index contributed by atoms with van der Waals surface area (Å²) in [5.74, 6) is 0.375. The zero-order valence-corrected chi connectivity index (χ0v) is 27.1. The Bertz CT molecular complexity index is 1850. The number of nitrogens with zero attached hydrogens (tertiary/aromatic N) is 8. The fourth-order valence-corrected chi connectivity index (χ4v) is 8.47. The topological polar surface area (TPSA) is 212 Å². The van der Waals surface area contributed by atoms with Crippen molar-refractivity contribution in [1.29, 1.82) is 0 Å². The molecule has 0 radical (unpaired) electrons. The largest absolute Gasteiger partial charge is 0.472 e. The Morgan fingerprint density at radius 1 is 0.833 bits per heavy atom. The quantitative estimate of drug-likeness (QED) is 0.175. The molecule has 0 spiro atoms. The number of fused-ring (bicyclic) bond motifs is 10. The molecule has 4 aromatic rings. The number of rotatable bonds is 0. The molecule has 10 atom stereocenters. The molecule has 3 saturated heterocycles. The number of halogens is 2. The van der Waals surface area contributed by atoms with Crippen molar-refractivity contribution in [3.05, 3.63) is 43.2 Å². The minimum atomic E-state index is -5.06. The summed E-state index contributed by atoms with van der Waals surface area (Å²) in [7, 11) is -5.06. The van der Waals surface area contributed by atoms with Gasteiger partial charge in [-0.05, 0) is 24.6 Å². The summed E-state index contributed by atoms with van der Waals surface area (Å²) in [6, 6.07) is 0. The molecule has 3 fully saturated rings. The predicted octanol–water partition coefficient (Wildman–Crippen LogP) is 2.19. The maximum absolute atomic E-state index is 16.2. The van der Waals surface area contributed by atoms with Gasteiger partial charge in [0.1, 0.15) is 42.6 Å². The third kappa shape index (κ3) is 5.86. The van der Waals surface area contributed by atoms with E-state index in [9.17, 15) is 14.4 Å². The average molecular weight is 730 g/mol. The van der Waals surface area contributed by atoms with Crippen LogP contribution in [0.2, 0.25) is 0 Å². The number of imidazole rings is 2. The molecule has 23 heteroatoms. The first kappa shape index (κ1) is 32.3. The van der Waals surface area contributed by atoms with Crippen molar-refractivity contribution < 1.29 is 50.7 Å². The van der Waals surface area contributed by atoms with Gasteiger partial charge in [-0.2, -0.15) is 0 Å². The number of anilines is 1. The Morgan fingerprint density at radius 3 is 2.19 bits per heavy atom. The number of phosphoric acid groups is 1. The van der Waals surface area contributed by atoms with E-state index < -0.39 is 77.0 Å². The predicted molar refractivity (Wildman–Crippen MR) is 162 cm³/mol. The van der Waals surface area contributed by atoms with Crippen LogP contribution in [0.5, 0.6) is 0 Å². The molecular formula is C25H27F2N9O9P2S. The summed E-state index contributed by atoms with van der Waals surface area (Å²) in [4.78, 5) is 47.6. The summed E-state index contributed by atoms with van der Waals surface area (Å²) in [6.07, 6.45) is -3.20. The fourth-order valence-electron chi connectivity index (χ4n) is 6.07. The van der Waals surface area contributed by atoms with Crippen molar-refractivity contribution in [2.75, 3.05) is 25.1 Å². The average Bonchev–Trinajstić information content (AvgIpc) is 3.81. The molecule has 18 nitrogen and oxygen atoms in total. The minimum absolute atomic E-state index is 0.202. The molecular weight excluding hydrogens is 702 g/mol. The molecule has 0 amide bonds. The number of nitrogens with one attached hydrogen (secondary N) is 1. The number of alkyl halides is 2. The minimum Gasteiger partial charge on any atom is -0.365 e. The number of phosphoric ester groups is 1. The van der Waals surface area contributed by atoms with Gasteiger partial charge in [-0.25, -0.2) is 43.2 Å². The third-order valence-electron chi connectivity index (χ3n) is 8.29. The zero-order valence-electron chi connectivity index (χ0n) is 24.5. The van der Waals surface area contributed by atoms with Gasteiger partial charge in [-0.3, -0.25) is 22.7 Å². The zero-order chi connectivity index (χ0) is 33.2. The van der Waals surface area contributed by atoms with Crippen molar-refractivity contribution in [2.45, 2.75) is 62.1 Å². The van der Waals surface area contributed by atoms with Crippen molar-refractivity contribution in [3.63, 3.8) is 0 Å². The Hall–Kier alpha value is -2.94. The number of ether oxygens (including phenoxy) is 2. The standard InChI is InChI=1S/C25H27F2N9O9P2S/c26-15-19-14-7-41-47(39,48)45-20-13(6-40-46(37,38)44-19)42-25(16(20)27)36-11-34-18-21(30-9-32-23(18)36)28-5-3-1-2-4-12-17-22(31-8-29-12)35(10-33-17)24(15)43-14/h1,3,8-11,13-16,19-20,24-25H,2,4-7H2,(H,37,38)(H,39,48)(H,28,30,32)/b3-1+/t13-,14-,15-,16-,19-,20-,24-,25?,47?/m1/s1. The monoisotopic (exact) mass is 729 g/mol. The Labute approximate surface area is 274 Å². The van der Waals surface area contributed by atoms with Crippen LogP contribution < -0.4 is 5.32 Å². The van der Waals surface area contributed by atoms with Crippen LogP contribution in [0, 0.1) is 0 Å². The van der Waals surface area contributed by atoms with Crippen LogP contribution in [0.3, 0.4) is 0 Å². The lowest BCUT2D eigenvalue weighted by molar-refractivity contribution is -0.0623. The first-order chi connectivity index (χ1) is 23.1. The van der Waals surface area contributed by atoms with Crippen molar-refractivity contribution in [2.24, 2.45) is 0 Å². The van der Waals surface area contributed by atoms with Crippen LogP contribution in [-0.4, -0.2) is 105 Å². The summed E-state index contributed by atoms with van der Waals surface area (Å²) >= 11 is 5.19. The normalized spacial score (nSPS) is 38.2. The van der Waals surface area contributed by atoms with E-state index in [0.29, 0.717) is 41.9 Å². The van der Waals surface area contributed by atoms with Crippen molar-refractivity contribution in [1.82, 2.24) is 39.0 Å². The lowest BCUT2D eigenvalue weighted by Gasteiger charge is -2.28. The summed E-state index contributed by atoms with van der Waals surface area (Å²) < 4.78 is 81.5. The molecule has 0 aromatic carbocycles. The molecule has 3 unspecified atom stereocenters. The van der Waals surface area contributed by atoms with Crippen molar-refractivity contribution >= 4 is 54.5 Å². The van der Waals surface area contributed by atoms with Gasteiger partial charge in [0.15, 0.2) is 47.4 Å². The van der Waals surface area contributed by atoms with Crippen LogP contribution in [0.1, 0.15) is 24.6 Å². The highest BCUT2D eigenvalue weighted by Gasteiger charge is 2.54. The van der Waals surface area contributed by atoms with E-state index in [1.54, 1.807) is 0 Å². The second-order valence-corrected chi connectivity index (χ2v) is 15.5. The molecule has 0 saturated carbocycles. The van der Waals surface area contributed by atoms with E-state index in [0.717, 1.165) is 0 Å². The van der Waals surface area contributed by atoms with Crippen LogP contribution in [-0.2, 0) is 50.4 Å². The number of hydrogen-bond donors (Lipinski definition) is 3. The summed E-state index contributed by atoms with van der Waals surface area (Å²) in [5, 5.41) is 3.16. The smallest absolute Gasteiger partial charge is 0.365 e. The van der Waals surface area contributed by atoms with E-state index in [1.165, 1.54) is 34.4 Å². The second kappa shape index (κ2) is 12.4. The SMILES string of the molecule is O=P1(O)OC[C@H]2OC3[C@H](F)[C@@H]2OP(O)(=S)OC[C@H]2O[C@H]([C@H](F)[C@@H]2O1)n1cnc2c(ncnc21)CC/C=C/CNc1ncnc2c1ncn23. The molecule has 4 aromatic heterocycles. The Morgan fingerprint density at radius 2 is 1.46 bits per heavy atom. The highest BCUT2D eigenvalue weighted by atomic mass is 32.5. The van der Waals surface area contributed by atoms with E-state index >= 15 is 8.78 Å². The van der Waals surface area contributed by atoms with E-state index in [1.807, 2.05) is 12.2 Å². The first-order valence-electron chi connectivity index (χ1n) is 14.7. The van der Waals surface area contributed by atoms with Gasteiger partial charge in [0.25, 0.3) is 0 Å². The molecule has 48 heavy (non-hydrogen) atoms. The van der Waals surface area contributed by atoms with Gasteiger partial charge < -0.3 is 29.1 Å². The Balaban J connectivity index is 1.21. The molecule has 14 bridgehead atoms. The first-order valence-corrected chi connectivity index (χ1v) is 18.8. The molecule has 0 aliphatic carbocycles. The van der Waals surface area contributed by atoms with E-state index in [2.05, 4.69) is 35.2 Å². The van der Waals surface area contributed by atoms with Crippen LogP contribution in [0.4, 0.5) is 14.6 Å². The number of aryl methyl sites for hydroxylation is 1. The van der Waals surface area contributed by atoms with Gasteiger partial charge in [-0.1, -0.05) is 12.2 Å². The molecule has 3 N–H and O–H groups in total. The Kier molecular flexibility index (Phi) is 8.36. The lowest BCUT2D eigenvalue weighted by atomic mass is 10.1. The van der Waals surface area contributed by atoms with Crippen LogP contribution >= 0.6 is 14.5 Å². The number of aromatic nitrogens is 8. The fraction of sp³-hybridized carbons (Fsp3) is 0.520. The summed E-state index contributed by atoms with van der Waals surface area (Å²) in [5.41, 5.74) is 1.76. The molecule has 9 rings (SSSR count). The highest BCUT2D eigenvalue weighted by molar-refractivity contribution is 8.07. The third-order valence-corrected chi connectivity index (χ3v) is 10.8. The number of allylic oxidation sites excluding steroid dienone is 1. The van der Waals surface area contributed by atoms with Crippen molar-refractivity contribution in [3.8, 4) is 0 Å². The van der Waals surface area contributed by atoms with Gasteiger partial charge in [0.2, 0.25) is 0 Å². The van der Waals surface area contributed by atoms with E-state index in [4.69, 9.17) is 39.4 Å². The van der Waals surface area contributed by atoms with Crippen LogP contribution in [0.15, 0.2) is 37.5 Å². The van der Waals surface area contributed by atoms with Gasteiger partial charge in [-0.15, -0.1) is 0 Å². The lowest BCUT2D eigenvalue weighted by Crippen LogP contribution is -2.37. The maximum atomic E-state index is 16.2. The second-order valence-electron chi connectivity index (χ2n) is 11.3. The maximum Gasteiger partial charge on any atom is 0.472 e. The van der Waals surface area contributed by atoms with Crippen LogP contribution in [0.25, 0.3) is 22.3 Å². The van der Waals surface area contributed by atoms with Gasteiger partial charge in [0.05, 0.1) is 31.6 Å². The molecule has 9 heterocycles. The number of hydrogen-bond acceptors (Lipinski definition) is 15. The molecule has 256 valence electrons.